The molecule has 0 spiro atoms. The lowest BCUT2D eigenvalue weighted by molar-refractivity contribution is -0.165. The van der Waals surface area contributed by atoms with Crippen molar-refractivity contribution < 1.29 is 38.9 Å². The van der Waals surface area contributed by atoms with Gasteiger partial charge in [-0.1, -0.05) is 5.16 Å². The van der Waals surface area contributed by atoms with E-state index in [1.807, 2.05) is 11.5 Å². The number of aliphatic carboxylic acids is 2. The van der Waals surface area contributed by atoms with Crippen LogP contribution in [0.2, 0.25) is 0 Å². The zero-order valence-corrected chi connectivity index (χ0v) is 22.1. The van der Waals surface area contributed by atoms with Crippen molar-refractivity contribution in [3.8, 4) is 0 Å². The normalized spacial score (nSPS) is 17.5. The molecule has 4 N–H and O–H groups in total. The number of hydrogen-bond acceptors (Lipinski definition) is 9. The van der Waals surface area contributed by atoms with Gasteiger partial charge in [-0.3, -0.25) is 9.36 Å². The van der Waals surface area contributed by atoms with Gasteiger partial charge in [0.15, 0.2) is 17.8 Å². The van der Waals surface area contributed by atoms with Gasteiger partial charge in [-0.25, -0.2) is 19.0 Å². The molecule has 2 aliphatic rings. The molecule has 5 rings (SSSR count). The highest BCUT2D eigenvalue weighted by Gasteiger charge is 2.29. The Morgan fingerprint density at radius 2 is 1.77 bits per heavy atom. The number of fused-ring (bicyclic) bond motifs is 2. The molecular weight excluding hydrogens is 527 g/mol. The lowest BCUT2D eigenvalue weighted by Gasteiger charge is -2.31. The van der Waals surface area contributed by atoms with Crippen molar-refractivity contribution >= 4 is 22.9 Å². The third-order valence-electron chi connectivity index (χ3n) is 7.50. The first-order valence-electron chi connectivity index (χ1n) is 13.2. The molecule has 0 aliphatic carbocycles. The smallest absolute Gasteiger partial charge is 0.335 e. The fourth-order valence-corrected chi connectivity index (χ4v) is 5.21. The molecule has 216 valence electrons. The van der Waals surface area contributed by atoms with E-state index in [2.05, 4.69) is 10.1 Å². The Kier molecular flexibility index (Phi) is 9.28. The maximum absolute atomic E-state index is 13.4. The van der Waals surface area contributed by atoms with Crippen molar-refractivity contribution in [2.75, 3.05) is 19.6 Å². The summed E-state index contributed by atoms with van der Waals surface area (Å²) in [6.45, 7) is 5.55. The van der Waals surface area contributed by atoms with Gasteiger partial charge >= 0.3 is 11.9 Å². The summed E-state index contributed by atoms with van der Waals surface area (Å²) >= 11 is 0. The first-order chi connectivity index (χ1) is 19.1. The number of carboxylic acid groups (broad SMARTS) is 2. The first-order valence-corrected chi connectivity index (χ1v) is 13.2. The molecule has 2 aromatic heterocycles. The summed E-state index contributed by atoms with van der Waals surface area (Å²) in [5.74, 6) is -2.56. The van der Waals surface area contributed by atoms with E-state index in [4.69, 9.17) is 29.9 Å². The summed E-state index contributed by atoms with van der Waals surface area (Å²) < 4.78 is 20.6. The van der Waals surface area contributed by atoms with E-state index in [0.29, 0.717) is 11.5 Å². The fraction of sp³-hybridized carbons (Fsp3) is 0.519. The van der Waals surface area contributed by atoms with E-state index < -0.39 is 24.1 Å². The Hall–Kier alpha value is -3.68. The predicted molar refractivity (Wildman–Crippen MR) is 140 cm³/mol. The van der Waals surface area contributed by atoms with Gasteiger partial charge in [0, 0.05) is 48.1 Å². The van der Waals surface area contributed by atoms with Gasteiger partial charge in [0.1, 0.15) is 11.6 Å². The minimum Gasteiger partial charge on any atom is -0.479 e. The highest BCUT2D eigenvalue weighted by molar-refractivity contribution is 5.83. The average Bonchev–Trinajstić information content (AvgIpc) is 3.35. The number of aromatic nitrogens is 3. The summed E-state index contributed by atoms with van der Waals surface area (Å²) in [7, 11) is 0. The number of halogens is 1. The van der Waals surface area contributed by atoms with Crippen molar-refractivity contribution in [2.45, 2.75) is 70.1 Å². The molecule has 40 heavy (non-hydrogen) atoms. The number of rotatable bonds is 7. The van der Waals surface area contributed by atoms with Crippen LogP contribution in [0.15, 0.2) is 27.5 Å². The maximum Gasteiger partial charge on any atom is 0.335 e. The highest BCUT2D eigenvalue weighted by atomic mass is 19.1. The van der Waals surface area contributed by atoms with Gasteiger partial charge in [-0.05, 0) is 64.3 Å². The molecule has 0 amide bonds. The first kappa shape index (κ1) is 29.3. The van der Waals surface area contributed by atoms with Gasteiger partial charge in [-0.15, -0.1) is 0 Å². The quantitative estimate of drug-likeness (QED) is 0.329. The van der Waals surface area contributed by atoms with Crippen molar-refractivity contribution in [3.05, 3.63) is 57.1 Å². The van der Waals surface area contributed by atoms with E-state index in [1.54, 1.807) is 6.07 Å². The van der Waals surface area contributed by atoms with E-state index in [9.17, 15) is 18.8 Å². The summed E-state index contributed by atoms with van der Waals surface area (Å²) in [5.41, 5.74) is 3.38. The fourth-order valence-electron chi connectivity index (χ4n) is 5.21. The second kappa shape index (κ2) is 12.7. The minimum atomic E-state index is -2.27. The molecule has 0 saturated carbocycles. The van der Waals surface area contributed by atoms with Crippen LogP contribution < -0.4 is 5.56 Å². The van der Waals surface area contributed by atoms with Crippen LogP contribution in [-0.4, -0.2) is 83.8 Å². The minimum absolute atomic E-state index is 0.161. The van der Waals surface area contributed by atoms with Crippen LogP contribution in [-0.2, 0) is 29.0 Å². The van der Waals surface area contributed by atoms with Gasteiger partial charge < -0.3 is 29.8 Å². The third kappa shape index (κ3) is 6.54. The van der Waals surface area contributed by atoms with Crippen molar-refractivity contribution in [1.82, 2.24) is 19.6 Å². The number of aryl methyl sites for hydroxylation is 2. The Bertz CT molecular complexity index is 1410. The SMILES string of the molecule is Cc1nc2n(c(=O)c1CCN1CCC(c3noc4cc(F)ccc34)CC1)CCCC2.O=C(O)C(O)C(O)C(=O)O. The van der Waals surface area contributed by atoms with E-state index in [-0.39, 0.29) is 11.4 Å². The van der Waals surface area contributed by atoms with Gasteiger partial charge in [-0.2, -0.15) is 0 Å². The number of aliphatic hydroxyl groups excluding tert-OH is 2. The molecule has 1 aromatic carbocycles. The topological polar surface area (TPSA) is 179 Å². The second-order valence-electron chi connectivity index (χ2n) is 10.1. The van der Waals surface area contributed by atoms with Crippen LogP contribution in [0.4, 0.5) is 4.39 Å². The molecule has 2 unspecified atom stereocenters. The van der Waals surface area contributed by atoms with Gasteiger partial charge in [0.05, 0.1) is 5.69 Å². The third-order valence-corrected chi connectivity index (χ3v) is 7.50. The summed E-state index contributed by atoms with van der Waals surface area (Å²) in [4.78, 5) is 39.6. The van der Waals surface area contributed by atoms with Crippen LogP contribution >= 0.6 is 0 Å². The number of benzene rings is 1. The zero-order chi connectivity index (χ0) is 29.0. The molecule has 4 heterocycles. The van der Waals surface area contributed by atoms with Gasteiger partial charge in [0.2, 0.25) is 0 Å². The van der Waals surface area contributed by atoms with Gasteiger partial charge in [0.25, 0.3) is 5.56 Å². The number of hydrogen-bond donors (Lipinski definition) is 4. The van der Waals surface area contributed by atoms with E-state index in [1.165, 1.54) is 12.1 Å². The van der Waals surface area contributed by atoms with Crippen LogP contribution in [0.5, 0.6) is 0 Å². The van der Waals surface area contributed by atoms with Crippen LogP contribution in [0.25, 0.3) is 11.0 Å². The van der Waals surface area contributed by atoms with E-state index in [0.717, 1.165) is 92.9 Å². The van der Waals surface area contributed by atoms with E-state index >= 15 is 0 Å². The Balaban J connectivity index is 0.000000318. The maximum atomic E-state index is 13.4. The number of nitrogens with zero attached hydrogens (tertiary/aromatic N) is 4. The molecule has 1 fully saturated rings. The molecule has 0 radical (unpaired) electrons. The molecule has 12 nitrogen and oxygen atoms in total. The number of likely N-dealkylation sites (tertiary alicyclic amines) is 1. The molecular formula is C27H33FN4O8. The Morgan fingerprint density at radius 1 is 1.10 bits per heavy atom. The Labute approximate surface area is 228 Å². The molecule has 2 atom stereocenters. The molecule has 1 saturated heterocycles. The van der Waals surface area contributed by atoms with Crippen LogP contribution in [0, 0.1) is 12.7 Å². The molecule has 0 bridgehead atoms. The monoisotopic (exact) mass is 560 g/mol. The lowest BCUT2D eigenvalue weighted by Crippen LogP contribution is -2.39. The predicted octanol–water partition coefficient (Wildman–Crippen LogP) is 1.47. The van der Waals surface area contributed by atoms with Crippen molar-refractivity contribution in [2.24, 2.45) is 0 Å². The summed E-state index contributed by atoms with van der Waals surface area (Å²) in [6.07, 6.45) is 1.28. The number of aliphatic hydroxyl groups is 2. The average molecular weight is 561 g/mol. The largest absolute Gasteiger partial charge is 0.479 e. The van der Waals surface area contributed by atoms with Crippen molar-refractivity contribution in [3.63, 3.8) is 0 Å². The second-order valence-corrected chi connectivity index (χ2v) is 10.1. The van der Waals surface area contributed by atoms with Crippen molar-refractivity contribution in [1.29, 1.82) is 0 Å². The highest BCUT2D eigenvalue weighted by Crippen LogP contribution is 2.32. The molecule has 2 aliphatic heterocycles. The molecule has 3 aromatic rings. The standard InChI is InChI=1S/C23H27FN4O2.C4H6O6/c1-15-18(23(29)28-10-3-2-4-21(28)25-15)9-13-27-11-7-16(8-12-27)22-19-6-5-17(24)14-20(19)30-26-22;5-1(3(7)8)2(6)4(9)10/h5-6,14,16H,2-4,7-13H2,1H3;1-2,5-6H,(H,7,8)(H,9,10). The molecule has 13 heteroatoms. The number of carboxylic acids is 2. The van der Waals surface area contributed by atoms with Crippen LogP contribution in [0.1, 0.15) is 54.4 Å². The summed E-state index contributed by atoms with van der Waals surface area (Å²) in [5, 5.41) is 37.7. The number of carbonyl (C=O) groups is 2. The van der Waals surface area contributed by atoms with Crippen LogP contribution in [0.3, 0.4) is 0 Å². The number of piperidine rings is 1. The zero-order valence-electron chi connectivity index (χ0n) is 22.1. The lowest BCUT2D eigenvalue weighted by atomic mass is 9.91. The Morgan fingerprint density at radius 3 is 2.42 bits per heavy atom. The summed E-state index contributed by atoms with van der Waals surface area (Å²) in [6, 6.07) is 4.63.